The Labute approximate surface area is 120 Å². The Morgan fingerprint density at radius 1 is 1.35 bits per heavy atom. The fourth-order valence-electron chi connectivity index (χ4n) is 3.23. The van der Waals surface area contributed by atoms with Crippen molar-refractivity contribution in [3.05, 3.63) is 11.6 Å². The number of amides is 1. The lowest BCUT2D eigenvalue weighted by Gasteiger charge is -2.36. The van der Waals surface area contributed by atoms with Crippen LogP contribution in [0.2, 0.25) is 0 Å². The predicted octanol–water partition coefficient (Wildman–Crippen LogP) is 3.03. The third kappa shape index (κ3) is 3.62. The summed E-state index contributed by atoms with van der Waals surface area (Å²) in [5.74, 6) is -0.453. The molecule has 1 saturated carbocycles. The molecule has 20 heavy (non-hydrogen) atoms. The number of aliphatic carboxylic acids is 1. The molecular formula is C16H25NO3. The van der Waals surface area contributed by atoms with Gasteiger partial charge in [0, 0.05) is 6.42 Å². The maximum absolute atomic E-state index is 12.2. The van der Waals surface area contributed by atoms with Crippen LogP contribution >= 0.6 is 0 Å². The van der Waals surface area contributed by atoms with E-state index in [1.54, 1.807) is 0 Å². The number of carboxylic acids is 1. The number of carbonyl (C=O) groups excluding carboxylic acids is 1. The number of carboxylic acid groups (broad SMARTS) is 1. The van der Waals surface area contributed by atoms with Gasteiger partial charge in [0.1, 0.15) is 5.54 Å². The van der Waals surface area contributed by atoms with E-state index in [-0.39, 0.29) is 5.91 Å². The summed E-state index contributed by atoms with van der Waals surface area (Å²) in [6.45, 7) is 2.14. The summed E-state index contributed by atoms with van der Waals surface area (Å²) >= 11 is 0. The van der Waals surface area contributed by atoms with Crippen LogP contribution in [0.1, 0.15) is 64.7 Å². The maximum atomic E-state index is 12.2. The first-order valence-electron chi connectivity index (χ1n) is 7.74. The molecule has 0 aromatic heterocycles. The monoisotopic (exact) mass is 279 g/mol. The summed E-state index contributed by atoms with van der Waals surface area (Å²) in [5, 5.41) is 12.3. The molecule has 112 valence electrons. The largest absolute Gasteiger partial charge is 0.480 e. The quantitative estimate of drug-likeness (QED) is 0.777. The van der Waals surface area contributed by atoms with E-state index in [9.17, 15) is 14.7 Å². The molecule has 0 spiro atoms. The van der Waals surface area contributed by atoms with E-state index in [4.69, 9.17) is 0 Å². The molecule has 0 aromatic rings. The number of hydrogen-bond acceptors (Lipinski definition) is 2. The first kappa shape index (κ1) is 15.1. The summed E-state index contributed by atoms with van der Waals surface area (Å²) in [7, 11) is 0. The van der Waals surface area contributed by atoms with Crippen LogP contribution in [0, 0.1) is 5.92 Å². The zero-order chi connectivity index (χ0) is 14.6. The van der Waals surface area contributed by atoms with Crippen molar-refractivity contribution in [2.75, 3.05) is 0 Å². The van der Waals surface area contributed by atoms with Crippen LogP contribution in [-0.4, -0.2) is 22.5 Å². The van der Waals surface area contributed by atoms with Gasteiger partial charge in [-0.3, -0.25) is 4.79 Å². The molecule has 4 heteroatoms. The molecule has 2 aliphatic carbocycles. The fraction of sp³-hybridized carbons (Fsp3) is 0.750. The van der Waals surface area contributed by atoms with Gasteiger partial charge in [0.15, 0.2) is 0 Å². The average Bonchev–Trinajstić information content (AvgIpc) is 2.42. The zero-order valence-corrected chi connectivity index (χ0v) is 12.3. The molecule has 1 fully saturated rings. The van der Waals surface area contributed by atoms with Crippen LogP contribution in [0.25, 0.3) is 0 Å². The molecule has 2 N–H and O–H groups in total. The van der Waals surface area contributed by atoms with Crippen LogP contribution in [0.3, 0.4) is 0 Å². The second kappa shape index (κ2) is 6.42. The SMILES string of the molecule is CC1CCC(NC(=O)CC2=CCCCC2)(C(=O)O)CC1. The van der Waals surface area contributed by atoms with Crippen LogP contribution < -0.4 is 5.32 Å². The van der Waals surface area contributed by atoms with E-state index in [2.05, 4.69) is 18.3 Å². The third-order valence-corrected chi connectivity index (χ3v) is 4.69. The highest BCUT2D eigenvalue weighted by Gasteiger charge is 2.42. The molecular weight excluding hydrogens is 254 g/mol. The molecule has 0 unspecified atom stereocenters. The van der Waals surface area contributed by atoms with Gasteiger partial charge >= 0.3 is 5.97 Å². The Bertz CT molecular complexity index is 406. The highest BCUT2D eigenvalue weighted by atomic mass is 16.4. The third-order valence-electron chi connectivity index (χ3n) is 4.69. The summed E-state index contributed by atoms with van der Waals surface area (Å²) in [6.07, 6.45) is 9.70. The van der Waals surface area contributed by atoms with Crippen LogP contribution in [0.15, 0.2) is 11.6 Å². The average molecular weight is 279 g/mol. The highest BCUT2D eigenvalue weighted by molar-refractivity contribution is 5.88. The van der Waals surface area contributed by atoms with Gasteiger partial charge in [0.25, 0.3) is 0 Å². The molecule has 4 nitrogen and oxygen atoms in total. The Morgan fingerprint density at radius 2 is 2.05 bits per heavy atom. The van der Waals surface area contributed by atoms with Crippen molar-refractivity contribution in [3.63, 3.8) is 0 Å². The van der Waals surface area contributed by atoms with E-state index in [0.29, 0.717) is 25.2 Å². The van der Waals surface area contributed by atoms with E-state index in [1.807, 2.05) is 0 Å². The molecule has 2 rings (SSSR count). The molecule has 0 heterocycles. The number of nitrogens with one attached hydrogen (secondary N) is 1. The van der Waals surface area contributed by atoms with Crippen molar-refractivity contribution in [3.8, 4) is 0 Å². The van der Waals surface area contributed by atoms with Crippen molar-refractivity contribution in [1.29, 1.82) is 0 Å². The number of rotatable bonds is 4. The fourth-order valence-corrected chi connectivity index (χ4v) is 3.23. The summed E-state index contributed by atoms with van der Waals surface area (Å²) in [4.78, 5) is 23.7. The van der Waals surface area contributed by atoms with Crippen molar-refractivity contribution >= 4 is 11.9 Å². The topological polar surface area (TPSA) is 66.4 Å². The number of allylic oxidation sites excluding steroid dienone is 1. The van der Waals surface area contributed by atoms with Gasteiger partial charge in [0.05, 0.1) is 0 Å². The van der Waals surface area contributed by atoms with E-state index in [1.165, 1.54) is 12.0 Å². The molecule has 0 bridgehead atoms. The molecule has 0 saturated heterocycles. The van der Waals surface area contributed by atoms with Crippen molar-refractivity contribution in [2.24, 2.45) is 5.92 Å². The Morgan fingerprint density at radius 3 is 2.60 bits per heavy atom. The van der Waals surface area contributed by atoms with Gasteiger partial charge in [0.2, 0.25) is 5.91 Å². The first-order chi connectivity index (χ1) is 9.52. The first-order valence-corrected chi connectivity index (χ1v) is 7.74. The molecule has 0 atom stereocenters. The van der Waals surface area contributed by atoms with Gasteiger partial charge in [-0.05, 0) is 57.3 Å². The van der Waals surface area contributed by atoms with Crippen molar-refractivity contribution < 1.29 is 14.7 Å². The smallest absolute Gasteiger partial charge is 0.329 e. The van der Waals surface area contributed by atoms with Crippen LogP contribution in [0.4, 0.5) is 0 Å². The highest BCUT2D eigenvalue weighted by Crippen LogP contribution is 2.32. The van der Waals surface area contributed by atoms with Gasteiger partial charge in [-0.15, -0.1) is 0 Å². The lowest BCUT2D eigenvalue weighted by molar-refractivity contribution is -0.149. The second-order valence-electron chi connectivity index (χ2n) is 6.40. The molecule has 0 radical (unpaired) electrons. The van der Waals surface area contributed by atoms with Gasteiger partial charge < -0.3 is 10.4 Å². The lowest BCUT2D eigenvalue weighted by Crippen LogP contribution is -2.56. The molecule has 0 aromatic carbocycles. The molecule has 2 aliphatic rings. The minimum Gasteiger partial charge on any atom is -0.480 e. The Balaban J connectivity index is 1.96. The van der Waals surface area contributed by atoms with Crippen LogP contribution in [0.5, 0.6) is 0 Å². The predicted molar refractivity (Wildman–Crippen MR) is 77.3 cm³/mol. The lowest BCUT2D eigenvalue weighted by atomic mass is 9.77. The van der Waals surface area contributed by atoms with Gasteiger partial charge in [-0.1, -0.05) is 18.6 Å². The summed E-state index contributed by atoms with van der Waals surface area (Å²) < 4.78 is 0. The number of carbonyl (C=O) groups is 2. The van der Waals surface area contributed by atoms with Gasteiger partial charge in [-0.25, -0.2) is 4.79 Å². The zero-order valence-electron chi connectivity index (χ0n) is 12.3. The van der Waals surface area contributed by atoms with E-state index < -0.39 is 11.5 Å². The summed E-state index contributed by atoms with van der Waals surface area (Å²) in [5.41, 5.74) is 0.136. The van der Waals surface area contributed by atoms with Crippen molar-refractivity contribution in [2.45, 2.75) is 70.3 Å². The number of hydrogen-bond donors (Lipinski definition) is 2. The minimum absolute atomic E-state index is 0.130. The van der Waals surface area contributed by atoms with E-state index in [0.717, 1.165) is 32.1 Å². The minimum atomic E-state index is -1.03. The molecule has 1 amide bonds. The van der Waals surface area contributed by atoms with Crippen LogP contribution in [-0.2, 0) is 9.59 Å². The molecule has 0 aliphatic heterocycles. The second-order valence-corrected chi connectivity index (χ2v) is 6.40. The summed E-state index contributed by atoms with van der Waals surface area (Å²) in [6, 6.07) is 0. The Hall–Kier alpha value is -1.32. The normalized spacial score (nSPS) is 30.4. The van der Waals surface area contributed by atoms with Crippen molar-refractivity contribution in [1.82, 2.24) is 5.32 Å². The van der Waals surface area contributed by atoms with Gasteiger partial charge in [-0.2, -0.15) is 0 Å². The van der Waals surface area contributed by atoms with E-state index >= 15 is 0 Å². The standard InChI is InChI=1S/C16H25NO3/c1-12-7-9-16(10-8-12,15(19)20)17-14(18)11-13-5-3-2-4-6-13/h5,12H,2-4,6-11H2,1H3,(H,17,18)(H,19,20). The maximum Gasteiger partial charge on any atom is 0.329 e. The Kier molecular flexibility index (Phi) is 4.84.